The smallest absolute Gasteiger partial charge is 0.324 e. The lowest BCUT2D eigenvalue weighted by Crippen LogP contribution is -2.16. The largest absolute Gasteiger partial charge is 0.325 e. The van der Waals surface area contributed by atoms with E-state index in [9.17, 15) is 13.3 Å². The van der Waals surface area contributed by atoms with Gasteiger partial charge in [0.05, 0.1) is 16.8 Å². The minimum Gasteiger partial charge on any atom is -0.324 e. The summed E-state index contributed by atoms with van der Waals surface area (Å²) in [4.78, 5) is 22.3. The van der Waals surface area contributed by atoms with Crippen molar-refractivity contribution in [3.05, 3.63) is 59.4 Å². The highest BCUT2D eigenvalue weighted by molar-refractivity contribution is 7.99. The third-order valence-corrected chi connectivity index (χ3v) is 6.27. The molecule has 0 fully saturated rings. The van der Waals surface area contributed by atoms with Gasteiger partial charge in [-0.2, -0.15) is 0 Å². The first-order valence-corrected chi connectivity index (χ1v) is 12.4. The van der Waals surface area contributed by atoms with Gasteiger partial charge in [0.15, 0.2) is 0 Å². The zero-order valence-corrected chi connectivity index (χ0v) is 17.9. The van der Waals surface area contributed by atoms with Crippen molar-refractivity contribution in [1.82, 2.24) is 10.3 Å². The van der Waals surface area contributed by atoms with Crippen molar-refractivity contribution in [3.63, 3.8) is 0 Å². The van der Waals surface area contributed by atoms with Gasteiger partial charge < -0.3 is 15.1 Å². The SMILES string of the molecule is O=P(O)(O)CCCNCc1cc(F)c(SCCCCCc2ccc(F)cc2)cn1. The summed E-state index contributed by atoms with van der Waals surface area (Å²) >= 11 is 1.44. The number of pyridine rings is 1. The molecule has 3 N–H and O–H groups in total. The maximum absolute atomic E-state index is 14.2. The van der Waals surface area contributed by atoms with E-state index in [0.29, 0.717) is 30.1 Å². The highest BCUT2D eigenvalue weighted by Crippen LogP contribution is 2.34. The van der Waals surface area contributed by atoms with Gasteiger partial charge in [-0.05, 0) is 61.7 Å². The van der Waals surface area contributed by atoms with E-state index in [-0.39, 0.29) is 17.8 Å². The van der Waals surface area contributed by atoms with Crippen LogP contribution < -0.4 is 5.32 Å². The summed E-state index contributed by atoms with van der Waals surface area (Å²) in [5.41, 5.74) is 1.68. The van der Waals surface area contributed by atoms with E-state index < -0.39 is 7.60 Å². The zero-order valence-electron chi connectivity index (χ0n) is 16.2. The van der Waals surface area contributed by atoms with Gasteiger partial charge in [-0.3, -0.25) is 9.55 Å². The van der Waals surface area contributed by atoms with Crippen LogP contribution in [0.4, 0.5) is 8.78 Å². The molecule has 0 amide bonds. The molecule has 0 unspecified atom stereocenters. The summed E-state index contributed by atoms with van der Waals surface area (Å²) in [5.74, 6) is 0.285. The predicted molar refractivity (Wildman–Crippen MR) is 112 cm³/mol. The number of hydrogen-bond donors (Lipinski definition) is 3. The molecule has 0 saturated carbocycles. The molecule has 2 rings (SSSR count). The normalized spacial score (nSPS) is 11.7. The lowest BCUT2D eigenvalue weighted by molar-refractivity contribution is 0.371. The van der Waals surface area contributed by atoms with E-state index in [1.807, 2.05) is 0 Å². The Bertz CT molecular complexity index is 803. The Morgan fingerprint density at radius 3 is 2.52 bits per heavy atom. The highest BCUT2D eigenvalue weighted by Gasteiger charge is 2.11. The Hall–Kier alpha value is -1.31. The number of aromatic nitrogens is 1. The molecule has 1 aromatic carbocycles. The van der Waals surface area contributed by atoms with Crippen LogP contribution in [-0.2, 0) is 17.5 Å². The third-order valence-electron chi connectivity index (χ3n) is 4.27. The molecule has 0 aliphatic rings. The lowest BCUT2D eigenvalue weighted by atomic mass is 10.1. The highest BCUT2D eigenvalue weighted by atomic mass is 32.2. The number of rotatable bonds is 13. The average molecular weight is 444 g/mol. The third kappa shape index (κ3) is 10.3. The monoisotopic (exact) mass is 444 g/mol. The first kappa shape index (κ1) is 24.0. The minimum absolute atomic E-state index is 0.165. The van der Waals surface area contributed by atoms with E-state index >= 15 is 0 Å². The average Bonchev–Trinajstić information content (AvgIpc) is 2.66. The van der Waals surface area contributed by atoms with Crippen molar-refractivity contribution in [2.24, 2.45) is 0 Å². The summed E-state index contributed by atoms with van der Waals surface area (Å²) in [6.07, 6.45) is 5.63. The molecule has 5 nitrogen and oxygen atoms in total. The molecular formula is C20H27F2N2O3PS. The molecule has 1 aromatic heterocycles. The number of halogens is 2. The minimum atomic E-state index is -3.96. The number of unbranched alkanes of at least 4 members (excludes halogenated alkanes) is 2. The Morgan fingerprint density at radius 1 is 1.07 bits per heavy atom. The Kier molecular flexibility index (Phi) is 10.2. The second-order valence-corrected chi connectivity index (χ2v) is 9.72. The Labute approximate surface area is 174 Å². The zero-order chi connectivity index (χ0) is 21.1. The number of nitrogens with zero attached hydrogens (tertiary/aromatic N) is 1. The van der Waals surface area contributed by atoms with Crippen LogP contribution >= 0.6 is 19.4 Å². The van der Waals surface area contributed by atoms with Gasteiger partial charge in [-0.15, -0.1) is 11.8 Å². The second kappa shape index (κ2) is 12.4. The summed E-state index contributed by atoms with van der Waals surface area (Å²) in [6.45, 7) is 0.787. The topological polar surface area (TPSA) is 82.5 Å². The lowest BCUT2D eigenvalue weighted by Gasteiger charge is -2.08. The summed E-state index contributed by atoms with van der Waals surface area (Å²) in [5, 5.41) is 3.00. The molecule has 0 aliphatic heterocycles. The standard InChI is InChI=1S/C20H27F2N2O3PS/c21-17-8-6-16(7-9-17)5-2-1-3-12-29-20-15-24-18(13-19(20)22)14-23-10-4-11-28(25,26)27/h6-9,13,15,23H,1-5,10-12,14H2,(H2,25,26,27). The maximum atomic E-state index is 14.2. The molecule has 1 heterocycles. The van der Waals surface area contributed by atoms with Crippen LogP contribution in [0.2, 0.25) is 0 Å². The summed E-state index contributed by atoms with van der Waals surface area (Å²) in [6, 6.07) is 7.95. The van der Waals surface area contributed by atoms with E-state index in [2.05, 4.69) is 10.3 Å². The van der Waals surface area contributed by atoms with Gasteiger partial charge in [0.2, 0.25) is 0 Å². The van der Waals surface area contributed by atoms with Gasteiger partial charge in [0.1, 0.15) is 11.6 Å². The second-order valence-electron chi connectivity index (χ2n) is 6.81. The van der Waals surface area contributed by atoms with Crippen molar-refractivity contribution in [1.29, 1.82) is 0 Å². The fourth-order valence-electron chi connectivity index (χ4n) is 2.73. The number of aryl methyl sites for hydroxylation is 1. The van der Waals surface area contributed by atoms with Crippen LogP contribution in [-0.4, -0.2) is 33.2 Å². The predicted octanol–water partition coefficient (Wildman–Crippen LogP) is 4.52. The molecule has 9 heteroatoms. The van der Waals surface area contributed by atoms with Gasteiger partial charge in [-0.1, -0.05) is 18.6 Å². The van der Waals surface area contributed by atoms with E-state index in [0.717, 1.165) is 37.0 Å². The van der Waals surface area contributed by atoms with Crippen molar-refractivity contribution in [3.8, 4) is 0 Å². The summed E-state index contributed by atoms with van der Waals surface area (Å²) in [7, 11) is -3.96. The van der Waals surface area contributed by atoms with Crippen LogP contribution in [0.5, 0.6) is 0 Å². The molecule has 29 heavy (non-hydrogen) atoms. The van der Waals surface area contributed by atoms with Crippen molar-refractivity contribution in [2.45, 2.75) is 43.5 Å². The van der Waals surface area contributed by atoms with Crippen molar-refractivity contribution >= 4 is 19.4 Å². The number of hydrogen-bond acceptors (Lipinski definition) is 4. The van der Waals surface area contributed by atoms with Gasteiger partial charge in [0.25, 0.3) is 0 Å². The van der Waals surface area contributed by atoms with Crippen LogP contribution in [0.1, 0.15) is 36.9 Å². The molecule has 2 aromatic rings. The Morgan fingerprint density at radius 2 is 1.83 bits per heavy atom. The fourth-order valence-corrected chi connectivity index (χ4v) is 4.19. The molecule has 0 bridgehead atoms. The molecular weight excluding hydrogens is 417 g/mol. The van der Waals surface area contributed by atoms with Crippen LogP contribution in [0.15, 0.2) is 41.4 Å². The van der Waals surface area contributed by atoms with E-state index in [1.54, 1.807) is 12.1 Å². The number of nitrogens with one attached hydrogen (secondary N) is 1. The fraction of sp³-hybridized carbons (Fsp3) is 0.450. The van der Waals surface area contributed by atoms with Crippen LogP contribution in [0.3, 0.4) is 0 Å². The van der Waals surface area contributed by atoms with Gasteiger partial charge in [-0.25, -0.2) is 8.78 Å². The number of thioether (sulfide) groups is 1. The van der Waals surface area contributed by atoms with Crippen molar-refractivity contribution < 1.29 is 23.1 Å². The Balaban J connectivity index is 1.60. The van der Waals surface area contributed by atoms with Gasteiger partial charge in [0, 0.05) is 12.7 Å². The van der Waals surface area contributed by atoms with E-state index in [1.165, 1.54) is 36.2 Å². The summed E-state index contributed by atoms with van der Waals surface area (Å²) < 4.78 is 37.8. The van der Waals surface area contributed by atoms with E-state index in [4.69, 9.17) is 9.79 Å². The first-order valence-electron chi connectivity index (χ1n) is 9.60. The quantitative estimate of drug-likeness (QED) is 0.239. The molecule has 0 radical (unpaired) electrons. The molecule has 0 aliphatic carbocycles. The molecule has 0 spiro atoms. The first-order chi connectivity index (χ1) is 13.8. The number of benzene rings is 1. The maximum Gasteiger partial charge on any atom is 0.325 e. The van der Waals surface area contributed by atoms with Crippen LogP contribution in [0.25, 0.3) is 0 Å². The molecule has 0 atom stereocenters. The molecule has 0 saturated heterocycles. The molecule has 160 valence electrons. The van der Waals surface area contributed by atoms with Crippen LogP contribution in [0, 0.1) is 11.6 Å². The van der Waals surface area contributed by atoms with Gasteiger partial charge >= 0.3 is 7.60 Å². The van der Waals surface area contributed by atoms with Crippen molar-refractivity contribution in [2.75, 3.05) is 18.5 Å².